The molecular weight excluding hydrogens is 913 g/mol. The van der Waals surface area contributed by atoms with E-state index in [1.54, 1.807) is 0 Å². The van der Waals surface area contributed by atoms with E-state index < -0.39 is 6.10 Å². The summed E-state index contributed by atoms with van der Waals surface area (Å²) in [6.45, 7) is 6.70. The van der Waals surface area contributed by atoms with Crippen LogP contribution in [-0.4, -0.2) is 37.2 Å². The van der Waals surface area contributed by atoms with E-state index >= 15 is 0 Å². The van der Waals surface area contributed by atoms with Gasteiger partial charge in [-0.2, -0.15) is 0 Å². The molecular formula is C68H130O6. The molecule has 0 aliphatic rings. The first kappa shape index (κ1) is 72.2. The third kappa shape index (κ3) is 61.0. The molecule has 0 heterocycles. The number of unbranched alkanes of at least 4 members (excludes halogenated alkanes) is 50. The largest absolute Gasteiger partial charge is 0.462 e. The lowest BCUT2D eigenvalue weighted by Crippen LogP contribution is -2.30. The molecule has 0 amide bonds. The SMILES string of the molecule is CCCCCC/C=C\CCCCCCCC(=O)OCC(COC(=O)CCCCCCCCCCCCCCCCCCCCCCCCCCC)OC(=O)CCCCCCCCCCCCCCCCCCCC. The fraction of sp³-hybridized carbons (Fsp3) is 0.926. The van der Waals surface area contributed by atoms with Crippen LogP contribution in [0.5, 0.6) is 0 Å². The summed E-state index contributed by atoms with van der Waals surface area (Å²) in [6, 6.07) is 0. The minimum Gasteiger partial charge on any atom is -0.462 e. The van der Waals surface area contributed by atoms with Gasteiger partial charge in [-0.25, -0.2) is 0 Å². The van der Waals surface area contributed by atoms with E-state index in [9.17, 15) is 14.4 Å². The Morgan fingerprint density at radius 3 is 0.689 bits per heavy atom. The molecule has 0 saturated carbocycles. The Morgan fingerprint density at radius 2 is 0.446 bits per heavy atom. The molecule has 438 valence electrons. The maximum atomic E-state index is 12.9. The van der Waals surface area contributed by atoms with Crippen LogP contribution in [-0.2, 0) is 28.6 Å². The lowest BCUT2D eigenvalue weighted by atomic mass is 10.0. The van der Waals surface area contributed by atoms with E-state index in [0.717, 1.165) is 64.2 Å². The van der Waals surface area contributed by atoms with Gasteiger partial charge in [-0.15, -0.1) is 0 Å². The first-order valence-corrected chi connectivity index (χ1v) is 33.7. The highest BCUT2D eigenvalue weighted by atomic mass is 16.6. The van der Waals surface area contributed by atoms with E-state index in [1.807, 2.05) is 0 Å². The Kier molecular flexibility index (Phi) is 62.1. The van der Waals surface area contributed by atoms with Crippen LogP contribution in [0.25, 0.3) is 0 Å². The predicted octanol–water partition coefficient (Wildman–Crippen LogP) is 22.8. The van der Waals surface area contributed by atoms with Gasteiger partial charge in [0.2, 0.25) is 0 Å². The lowest BCUT2D eigenvalue weighted by molar-refractivity contribution is -0.167. The van der Waals surface area contributed by atoms with Gasteiger partial charge in [0.25, 0.3) is 0 Å². The Bertz CT molecular complexity index is 1150. The van der Waals surface area contributed by atoms with Crippen LogP contribution in [0.1, 0.15) is 387 Å². The second-order valence-electron chi connectivity index (χ2n) is 23.1. The molecule has 0 aromatic carbocycles. The van der Waals surface area contributed by atoms with E-state index in [4.69, 9.17) is 14.2 Å². The molecule has 0 aliphatic carbocycles. The van der Waals surface area contributed by atoms with Crippen molar-refractivity contribution in [2.75, 3.05) is 13.2 Å². The average molecular weight is 1040 g/mol. The van der Waals surface area contributed by atoms with Gasteiger partial charge in [-0.1, -0.05) is 335 Å². The first-order chi connectivity index (χ1) is 36.5. The Hall–Kier alpha value is -1.85. The zero-order chi connectivity index (χ0) is 53.6. The van der Waals surface area contributed by atoms with E-state index in [0.29, 0.717) is 19.3 Å². The van der Waals surface area contributed by atoms with Crippen molar-refractivity contribution in [3.63, 3.8) is 0 Å². The second-order valence-corrected chi connectivity index (χ2v) is 23.1. The van der Waals surface area contributed by atoms with Crippen molar-refractivity contribution in [1.82, 2.24) is 0 Å². The van der Waals surface area contributed by atoms with E-state index in [-0.39, 0.29) is 31.1 Å². The average Bonchev–Trinajstić information content (AvgIpc) is 3.40. The summed E-state index contributed by atoms with van der Waals surface area (Å²) in [5.41, 5.74) is 0. The quantitative estimate of drug-likeness (QED) is 0.0261. The Labute approximate surface area is 462 Å². The minimum atomic E-state index is -0.769. The molecule has 0 bridgehead atoms. The molecule has 0 fully saturated rings. The van der Waals surface area contributed by atoms with Crippen molar-refractivity contribution in [2.45, 2.75) is 393 Å². The molecule has 0 radical (unpaired) electrons. The Balaban J connectivity index is 4.20. The summed E-state index contributed by atoms with van der Waals surface area (Å²) in [5.74, 6) is -0.843. The number of carbonyl (C=O) groups excluding carboxylic acids is 3. The fourth-order valence-corrected chi connectivity index (χ4v) is 10.4. The summed E-state index contributed by atoms with van der Waals surface area (Å²) < 4.78 is 17.0. The van der Waals surface area contributed by atoms with Crippen LogP contribution >= 0.6 is 0 Å². The van der Waals surface area contributed by atoms with Crippen LogP contribution in [0, 0.1) is 0 Å². The predicted molar refractivity (Wildman–Crippen MR) is 321 cm³/mol. The van der Waals surface area contributed by atoms with Crippen LogP contribution in [0.3, 0.4) is 0 Å². The summed E-state index contributed by atoms with van der Waals surface area (Å²) in [5, 5.41) is 0. The van der Waals surface area contributed by atoms with Gasteiger partial charge in [-0.3, -0.25) is 14.4 Å². The van der Waals surface area contributed by atoms with Crippen LogP contribution in [0.15, 0.2) is 12.2 Å². The standard InChI is InChI=1S/C68H130O6/c1-4-7-10-13-16-19-22-25-27-29-31-32-33-34-35-36-37-39-40-43-46-49-52-55-58-61-67(70)73-64-65(63-72-66(69)60-57-54-51-48-45-42-24-21-18-15-12-9-6-3)74-68(71)62-59-56-53-50-47-44-41-38-30-28-26-23-20-17-14-11-8-5-2/h21,24,65H,4-20,22-23,25-64H2,1-3H3/b24-21-. The maximum Gasteiger partial charge on any atom is 0.306 e. The second kappa shape index (κ2) is 63.7. The monoisotopic (exact) mass is 1040 g/mol. The highest BCUT2D eigenvalue weighted by molar-refractivity contribution is 5.71. The van der Waals surface area contributed by atoms with Crippen molar-refractivity contribution in [3.05, 3.63) is 12.2 Å². The van der Waals surface area contributed by atoms with Gasteiger partial charge >= 0.3 is 17.9 Å². The number of rotatable bonds is 63. The molecule has 6 nitrogen and oxygen atoms in total. The number of esters is 3. The number of carbonyl (C=O) groups is 3. The number of hydrogen-bond acceptors (Lipinski definition) is 6. The molecule has 6 heteroatoms. The third-order valence-corrected chi connectivity index (χ3v) is 15.5. The van der Waals surface area contributed by atoms with Crippen molar-refractivity contribution in [2.24, 2.45) is 0 Å². The minimum absolute atomic E-state index is 0.0659. The molecule has 0 N–H and O–H groups in total. The fourth-order valence-electron chi connectivity index (χ4n) is 10.4. The summed E-state index contributed by atoms with van der Waals surface area (Å²) in [4.78, 5) is 38.3. The van der Waals surface area contributed by atoms with Crippen molar-refractivity contribution in [1.29, 1.82) is 0 Å². The Morgan fingerprint density at radius 1 is 0.257 bits per heavy atom. The van der Waals surface area contributed by atoms with Gasteiger partial charge in [0, 0.05) is 19.3 Å². The normalized spacial score (nSPS) is 12.0. The molecule has 1 atom stereocenters. The van der Waals surface area contributed by atoms with Crippen molar-refractivity contribution in [3.8, 4) is 0 Å². The zero-order valence-corrected chi connectivity index (χ0v) is 50.4. The van der Waals surface area contributed by atoms with Crippen LogP contribution in [0.4, 0.5) is 0 Å². The van der Waals surface area contributed by atoms with Crippen LogP contribution in [0.2, 0.25) is 0 Å². The van der Waals surface area contributed by atoms with Crippen LogP contribution < -0.4 is 0 Å². The van der Waals surface area contributed by atoms with Gasteiger partial charge < -0.3 is 14.2 Å². The molecule has 0 rings (SSSR count). The smallest absolute Gasteiger partial charge is 0.306 e. The highest BCUT2D eigenvalue weighted by Gasteiger charge is 2.19. The molecule has 1 unspecified atom stereocenters. The summed E-state index contributed by atoms with van der Waals surface area (Å²) >= 11 is 0. The molecule has 0 aromatic heterocycles. The van der Waals surface area contributed by atoms with E-state index in [1.165, 1.54) is 283 Å². The molecule has 0 spiro atoms. The van der Waals surface area contributed by atoms with Gasteiger partial charge in [0.15, 0.2) is 6.10 Å². The summed E-state index contributed by atoms with van der Waals surface area (Å²) in [7, 11) is 0. The maximum absolute atomic E-state index is 12.9. The highest BCUT2D eigenvalue weighted by Crippen LogP contribution is 2.19. The van der Waals surface area contributed by atoms with Gasteiger partial charge in [0.05, 0.1) is 0 Å². The number of allylic oxidation sites excluding steroid dienone is 2. The van der Waals surface area contributed by atoms with Gasteiger partial charge in [0.1, 0.15) is 13.2 Å². The van der Waals surface area contributed by atoms with Gasteiger partial charge in [-0.05, 0) is 44.9 Å². The van der Waals surface area contributed by atoms with Crippen molar-refractivity contribution >= 4 is 17.9 Å². The molecule has 0 aromatic rings. The lowest BCUT2D eigenvalue weighted by Gasteiger charge is -2.18. The third-order valence-electron chi connectivity index (χ3n) is 15.5. The van der Waals surface area contributed by atoms with Crippen molar-refractivity contribution < 1.29 is 28.6 Å². The van der Waals surface area contributed by atoms with E-state index in [2.05, 4.69) is 32.9 Å². The topological polar surface area (TPSA) is 78.9 Å². The molecule has 0 aliphatic heterocycles. The molecule has 74 heavy (non-hydrogen) atoms. The summed E-state index contributed by atoms with van der Waals surface area (Å²) in [6.07, 6.45) is 75.2. The molecule has 0 saturated heterocycles. The number of hydrogen-bond donors (Lipinski definition) is 0. The number of ether oxygens (including phenoxy) is 3. The zero-order valence-electron chi connectivity index (χ0n) is 50.4. The first-order valence-electron chi connectivity index (χ1n) is 33.7.